The van der Waals surface area contributed by atoms with Gasteiger partial charge in [-0.2, -0.15) is 0 Å². The number of nitrogens with one attached hydrogen (secondary N) is 1. The lowest BCUT2D eigenvalue weighted by Crippen LogP contribution is -2.22. The number of carbonyl (C=O) groups excluding carboxylic acids is 1. The summed E-state index contributed by atoms with van der Waals surface area (Å²) in [6.07, 6.45) is 1.04. The zero-order valence-electron chi connectivity index (χ0n) is 12.9. The minimum Gasteiger partial charge on any atom is -0.492 e. The number of rotatable bonds is 7. The maximum absolute atomic E-state index is 11.8. The fourth-order valence-electron chi connectivity index (χ4n) is 2.00. The highest BCUT2D eigenvalue weighted by Crippen LogP contribution is 2.27. The van der Waals surface area contributed by atoms with E-state index in [2.05, 4.69) is 5.32 Å². The lowest BCUT2D eigenvalue weighted by atomic mass is 10.1. The van der Waals surface area contributed by atoms with Crippen LogP contribution in [0.3, 0.4) is 0 Å². The van der Waals surface area contributed by atoms with Crippen molar-refractivity contribution in [2.45, 2.75) is 26.3 Å². The molecule has 3 nitrogen and oxygen atoms in total. The zero-order chi connectivity index (χ0) is 16.7. The van der Waals surface area contributed by atoms with Gasteiger partial charge in [-0.1, -0.05) is 53.0 Å². The Hall–Kier alpha value is -1.71. The van der Waals surface area contributed by atoms with Crippen LogP contribution in [0.4, 0.5) is 0 Å². The van der Waals surface area contributed by atoms with Crippen molar-refractivity contribution >= 4 is 29.1 Å². The number of halogens is 2. The summed E-state index contributed by atoms with van der Waals surface area (Å²) in [5.41, 5.74) is 2.30. The Labute approximate surface area is 146 Å². The summed E-state index contributed by atoms with van der Waals surface area (Å²) in [5.74, 6) is 0.590. The molecule has 0 saturated heterocycles. The van der Waals surface area contributed by atoms with Crippen LogP contribution in [0.25, 0.3) is 0 Å². The summed E-state index contributed by atoms with van der Waals surface area (Å²) in [7, 11) is 0. The van der Waals surface area contributed by atoms with E-state index in [1.807, 2.05) is 31.2 Å². The third kappa shape index (κ3) is 6.12. The van der Waals surface area contributed by atoms with Gasteiger partial charge in [0.05, 0.1) is 11.6 Å². The number of aryl methyl sites for hydroxylation is 1. The van der Waals surface area contributed by atoms with E-state index in [0.29, 0.717) is 41.8 Å². The Bertz CT molecular complexity index is 657. The van der Waals surface area contributed by atoms with Gasteiger partial charge in [0.1, 0.15) is 5.75 Å². The van der Waals surface area contributed by atoms with Crippen LogP contribution >= 0.6 is 23.2 Å². The summed E-state index contributed by atoms with van der Waals surface area (Å²) >= 11 is 11.8. The molecule has 2 rings (SSSR count). The quantitative estimate of drug-likeness (QED) is 0.729. The highest BCUT2D eigenvalue weighted by atomic mass is 35.5. The van der Waals surface area contributed by atoms with Crippen LogP contribution in [0.1, 0.15) is 24.0 Å². The minimum absolute atomic E-state index is 0.0105. The van der Waals surface area contributed by atoms with Crippen molar-refractivity contribution in [1.82, 2.24) is 5.32 Å². The van der Waals surface area contributed by atoms with E-state index in [1.54, 1.807) is 18.2 Å². The molecule has 0 saturated carbocycles. The van der Waals surface area contributed by atoms with Crippen molar-refractivity contribution in [2.75, 3.05) is 6.61 Å². The molecule has 23 heavy (non-hydrogen) atoms. The fourth-order valence-corrected chi connectivity index (χ4v) is 2.47. The van der Waals surface area contributed by atoms with Crippen molar-refractivity contribution in [3.63, 3.8) is 0 Å². The number of carbonyl (C=O) groups is 1. The summed E-state index contributed by atoms with van der Waals surface area (Å²) in [5, 5.41) is 3.94. The van der Waals surface area contributed by atoms with Crippen LogP contribution in [0.2, 0.25) is 10.0 Å². The van der Waals surface area contributed by atoms with Crippen LogP contribution in [0.15, 0.2) is 42.5 Å². The molecule has 2 aromatic rings. The molecule has 1 amide bonds. The predicted molar refractivity (Wildman–Crippen MR) is 94.2 cm³/mol. The Morgan fingerprint density at radius 3 is 2.57 bits per heavy atom. The number of hydrogen-bond acceptors (Lipinski definition) is 2. The Kier molecular flexibility index (Phi) is 6.75. The fraction of sp³-hybridized carbons (Fsp3) is 0.278. The molecule has 0 atom stereocenters. The second-order valence-electron chi connectivity index (χ2n) is 5.29. The van der Waals surface area contributed by atoms with Gasteiger partial charge >= 0.3 is 0 Å². The first-order chi connectivity index (χ1) is 11.0. The van der Waals surface area contributed by atoms with Gasteiger partial charge in [-0.25, -0.2) is 0 Å². The molecule has 0 heterocycles. The van der Waals surface area contributed by atoms with Gasteiger partial charge in [-0.05, 0) is 37.1 Å². The largest absolute Gasteiger partial charge is 0.492 e. The first-order valence-corrected chi connectivity index (χ1v) is 8.20. The van der Waals surface area contributed by atoms with Crippen LogP contribution in [0.5, 0.6) is 5.75 Å². The highest BCUT2D eigenvalue weighted by molar-refractivity contribution is 6.35. The maximum atomic E-state index is 11.8. The molecule has 0 unspecified atom stereocenters. The van der Waals surface area contributed by atoms with Gasteiger partial charge < -0.3 is 10.1 Å². The van der Waals surface area contributed by atoms with Gasteiger partial charge in [0, 0.05) is 18.0 Å². The number of amides is 1. The van der Waals surface area contributed by atoms with Crippen molar-refractivity contribution in [3.8, 4) is 5.75 Å². The van der Waals surface area contributed by atoms with Gasteiger partial charge in [0.15, 0.2) is 0 Å². The summed E-state index contributed by atoms with van der Waals surface area (Å²) in [6, 6.07) is 13.2. The van der Waals surface area contributed by atoms with Crippen LogP contribution in [0, 0.1) is 6.92 Å². The van der Waals surface area contributed by atoms with E-state index in [1.165, 1.54) is 5.56 Å². The smallest absolute Gasteiger partial charge is 0.220 e. The first-order valence-electron chi connectivity index (χ1n) is 7.44. The first kappa shape index (κ1) is 17.6. The van der Waals surface area contributed by atoms with Crippen LogP contribution < -0.4 is 10.1 Å². The number of benzene rings is 2. The number of hydrogen-bond donors (Lipinski definition) is 1. The molecule has 0 aliphatic carbocycles. The van der Waals surface area contributed by atoms with E-state index in [9.17, 15) is 4.79 Å². The lowest BCUT2D eigenvalue weighted by molar-refractivity contribution is -0.121. The van der Waals surface area contributed by atoms with Gasteiger partial charge in [-0.15, -0.1) is 0 Å². The Balaban J connectivity index is 1.65. The molecule has 0 radical (unpaired) electrons. The molecule has 0 bridgehead atoms. The normalized spacial score (nSPS) is 10.4. The van der Waals surface area contributed by atoms with Crippen LogP contribution in [-0.2, 0) is 11.3 Å². The highest BCUT2D eigenvalue weighted by Gasteiger charge is 2.04. The van der Waals surface area contributed by atoms with E-state index in [0.717, 1.165) is 5.56 Å². The zero-order valence-corrected chi connectivity index (χ0v) is 14.5. The van der Waals surface area contributed by atoms with E-state index >= 15 is 0 Å². The molecule has 1 N–H and O–H groups in total. The van der Waals surface area contributed by atoms with Crippen molar-refractivity contribution < 1.29 is 9.53 Å². The average molecular weight is 352 g/mol. The maximum Gasteiger partial charge on any atom is 0.220 e. The molecule has 0 aliphatic rings. The second-order valence-corrected chi connectivity index (χ2v) is 6.13. The lowest BCUT2D eigenvalue weighted by Gasteiger charge is -2.09. The van der Waals surface area contributed by atoms with E-state index in [4.69, 9.17) is 27.9 Å². The molecule has 0 fully saturated rings. The van der Waals surface area contributed by atoms with E-state index in [-0.39, 0.29) is 5.91 Å². The number of ether oxygens (including phenoxy) is 1. The third-order valence-corrected chi connectivity index (χ3v) is 3.84. The molecule has 0 spiro atoms. The predicted octanol–water partition coefficient (Wildman–Crippen LogP) is 4.78. The topological polar surface area (TPSA) is 38.3 Å². The summed E-state index contributed by atoms with van der Waals surface area (Å²) < 4.78 is 5.55. The Morgan fingerprint density at radius 2 is 1.87 bits per heavy atom. The van der Waals surface area contributed by atoms with Gasteiger partial charge in [0.25, 0.3) is 0 Å². The second kappa shape index (κ2) is 8.80. The molecule has 0 aromatic heterocycles. The molecule has 0 aliphatic heterocycles. The average Bonchev–Trinajstić information content (AvgIpc) is 2.52. The molecule has 2 aromatic carbocycles. The van der Waals surface area contributed by atoms with Crippen molar-refractivity contribution in [2.24, 2.45) is 0 Å². The monoisotopic (exact) mass is 351 g/mol. The third-order valence-electron chi connectivity index (χ3n) is 3.31. The SMILES string of the molecule is Cc1ccc(CNC(=O)CCCOc2ccc(Cl)cc2Cl)cc1. The summed E-state index contributed by atoms with van der Waals surface area (Å²) in [6.45, 7) is 3.01. The van der Waals surface area contributed by atoms with Crippen molar-refractivity contribution in [1.29, 1.82) is 0 Å². The van der Waals surface area contributed by atoms with Gasteiger partial charge in [0.2, 0.25) is 5.91 Å². The van der Waals surface area contributed by atoms with Gasteiger partial charge in [-0.3, -0.25) is 4.79 Å². The van der Waals surface area contributed by atoms with Crippen LogP contribution in [-0.4, -0.2) is 12.5 Å². The van der Waals surface area contributed by atoms with E-state index < -0.39 is 0 Å². The molecule has 5 heteroatoms. The van der Waals surface area contributed by atoms with Crippen molar-refractivity contribution in [3.05, 3.63) is 63.6 Å². The molecular weight excluding hydrogens is 333 g/mol. The Morgan fingerprint density at radius 1 is 1.13 bits per heavy atom. The summed E-state index contributed by atoms with van der Waals surface area (Å²) in [4.78, 5) is 11.8. The molecular formula is C18H19Cl2NO2. The molecule has 122 valence electrons. The standard InChI is InChI=1S/C18H19Cl2NO2/c1-13-4-6-14(7-5-13)12-21-18(22)3-2-10-23-17-9-8-15(19)11-16(17)20/h4-9,11H,2-3,10,12H2,1H3,(H,21,22). The minimum atomic E-state index is 0.0105.